The molecule has 0 spiro atoms. The summed E-state index contributed by atoms with van der Waals surface area (Å²) in [7, 11) is 3.42. The van der Waals surface area contributed by atoms with Crippen LogP contribution in [0.15, 0.2) is 29.3 Å². The van der Waals surface area contributed by atoms with Gasteiger partial charge < -0.3 is 20.3 Å². The van der Waals surface area contributed by atoms with E-state index in [0.29, 0.717) is 18.5 Å². The van der Waals surface area contributed by atoms with Gasteiger partial charge in [0.2, 0.25) is 5.91 Å². The van der Waals surface area contributed by atoms with Gasteiger partial charge in [-0.25, -0.2) is 9.38 Å². The average molecular weight is 408 g/mol. The van der Waals surface area contributed by atoms with E-state index in [1.54, 1.807) is 32.3 Å². The Labute approximate surface area is 173 Å². The fourth-order valence-electron chi connectivity index (χ4n) is 3.26. The van der Waals surface area contributed by atoms with Crippen LogP contribution in [0.2, 0.25) is 0 Å². The lowest BCUT2D eigenvalue weighted by atomic mass is 10.2. The largest absolute Gasteiger partial charge is 0.486 e. The first kappa shape index (κ1) is 22.9. The zero-order valence-corrected chi connectivity index (χ0v) is 17.9. The molecule has 0 bridgehead atoms. The molecule has 8 heteroatoms. The highest BCUT2D eigenvalue weighted by molar-refractivity contribution is 5.84. The highest BCUT2D eigenvalue weighted by Crippen LogP contribution is 2.17. The summed E-state index contributed by atoms with van der Waals surface area (Å²) in [6.07, 6.45) is 2.08. The molecule has 1 aromatic carbocycles. The van der Waals surface area contributed by atoms with E-state index >= 15 is 0 Å². The fourth-order valence-corrected chi connectivity index (χ4v) is 3.26. The lowest BCUT2D eigenvalue weighted by Crippen LogP contribution is -2.47. The molecule has 2 N–H and O–H groups in total. The molecular formula is C21H34FN5O2. The number of carbonyl (C=O) groups excluding carboxylic acids is 1. The molecule has 1 aliphatic rings. The number of halogens is 1. The van der Waals surface area contributed by atoms with Crippen molar-refractivity contribution in [2.24, 2.45) is 4.99 Å². The second-order valence-corrected chi connectivity index (χ2v) is 7.50. The normalized spacial score (nSPS) is 18.4. The minimum Gasteiger partial charge on any atom is -0.486 e. The lowest BCUT2D eigenvalue weighted by Gasteiger charge is -2.24. The van der Waals surface area contributed by atoms with E-state index in [9.17, 15) is 9.18 Å². The quantitative estimate of drug-likeness (QED) is 0.482. The van der Waals surface area contributed by atoms with Crippen LogP contribution in [-0.2, 0) is 4.79 Å². The average Bonchev–Trinajstić information content (AvgIpc) is 3.16. The van der Waals surface area contributed by atoms with Crippen molar-refractivity contribution < 1.29 is 13.9 Å². The molecule has 0 saturated carbocycles. The molecule has 1 amide bonds. The van der Waals surface area contributed by atoms with Crippen molar-refractivity contribution in [3.63, 3.8) is 0 Å². The number of benzene rings is 1. The number of carbonyl (C=O) groups is 1. The van der Waals surface area contributed by atoms with Crippen LogP contribution in [0.1, 0.15) is 26.7 Å². The molecule has 2 rings (SSSR count). The van der Waals surface area contributed by atoms with Gasteiger partial charge in [-0.3, -0.25) is 9.69 Å². The minimum absolute atomic E-state index is 0.0625. The number of para-hydroxylation sites is 1. The summed E-state index contributed by atoms with van der Waals surface area (Å²) < 4.78 is 19.4. The number of likely N-dealkylation sites (N-methyl/N-ethyl adjacent to an activating group) is 2. The van der Waals surface area contributed by atoms with Crippen LogP contribution in [0.4, 0.5) is 4.39 Å². The van der Waals surface area contributed by atoms with Crippen molar-refractivity contribution in [3.05, 3.63) is 30.1 Å². The maximum Gasteiger partial charge on any atom is 0.243 e. The summed E-state index contributed by atoms with van der Waals surface area (Å²) in [6, 6.07) is 6.81. The van der Waals surface area contributed by atoms with Crippen LogP contribution in [-0.4, -0.2) is 80.6 Å². The summed E-state index contributed by atoms with van der Waals surface area (Å²) in [5, 5.41) is 6.56. The van der Waals surface area contributed by atoms with Gasteiger partial charge in [-0.05, 0) is 45.0 Å². The number of nitrogens with zero attached hydrogens (tertiary/aromatic N) is 3. The first-order chi connectivity index (χ1) is 13.9. The van der Waals surface area contributed by atoms with Gasteiger partial charge in [-0.1, -0.05) is 19.1 Å². The van der Waals surface area contributed by atoms with Gasteiger partial charge >= 0.3 is 0 Å². The van der Waals surface area contributed by atoms with Crippen LogP contribution in [0.25, 0.3) is 0 Å². The smallest absolute Gasteiger partial charge is 0.243 e. The molecule has 1 fully saturated rings. The van der Waals surface area contributed by atoms with E-state index in [0.717, 1.165) is 26.1 Å². The zero-order valence-electron chi connectivity index (χ0n) is 17.9. The molecule has 7 nitrogen and oxygen atoms in total. The van der Waals surface area contributed by atoms with E-state index < -0.39 is 0 Å². The number of aliphatic imine (C=N–C) groups is 1. The molecule has 2 atom stereocenters. The Bertz CT molecular complexity index is 683. The second kappa shape index (κ2) is 11.6. The minimum atomic E-state index is -0.385. The maximum absolute atomic E-state index is 13.8. The first-order valence-electron chi connectivity index (χ1n) is 10.3. The standard InChI is InChI=1S/C21H34FN5O2/c1-5-27-12-8-9-17(27)14-24-21(25-15-20(28)26(3)4)23-13-16(2)29-19-11-7-6-10-18(19)22/h6-7,10-11,16-17H,5,8-9,12-15H2,1-4H3,(H2,23,24,25). The fraction of sp³-hybridized carbons (Fsp3) is 0.619. The molecule has 1 aliphatic heterocycles. The number of hydrogen-bond acceptors (Lipinski definition) is 4. The van der Waals surface area contributed by atoms with Crippen molar-refractivity contribution in [1.29, 1.82) is 0 Å². The summed E-state index contributed by atoms with van der Waals surface area (Å²) in [5.74, 6) is 0.328. The third kappa shape index (κ3) is 7.53. The number of hydrogen-bond donors (Lipinski definition) is 2. The second-order valence-electron chi connectivity index (χ2n) is 7.50. The number of guanidine groups is 1. The highest BCUT2D eigenvalue weighted by atomic mass is 19.1. The molecule has 0 aliphatic carbocycles. The maximum atomic E-state index is 13.8. The number of amides is 1. The van der Waals surface area contributed by atoms with Crippen LogP contribution >= 0.6 is 0 Å². The van der Waals surface area contributed by atoms with E-state index in [4.69, 9.17) is 4.74 Å². The van der Waals surface area contributed by atoms with Crippen LogP contribution in [0, 0.1) is 5.82 Å². The molecule has 162 valence electrons. The van der Waals surface area contributed by atoms with Crippen LogP contribution in [0.5, 0.6) is 5.75 Å². The monoisotopic (exact) mass is 407 g/mol. The first-order valence-corrected chi connectivity index (χ1v) is 10.3. The number of likely N-dealkylation sites (tertiary alicyclic amines) is 1. The Morgan fingerprint density at radius 2 is 2.14 bits per heavy atom. The lowest BCUT2D eigenvalue weighted by molar-refractivity contribution is -0.127. The van der Waals surface area contributed by atoms with Crippen molar-refractivity contribution in [3.8, 4) is 5.75 Å². The van der Waals surface area contributed by atoms with Gasteiger partial charge in [0.15, 0.2) is 17.5 Å². The van der Waals surface area contributed by atoms with Crippen LogP contribution in [0.3, 0.4) is 0 Å². The Kier molecular flexibility index (Phi) is 9.18. The molecule has 1 saturated heterocycles. The third-order valence-corrected chi connectivity index (χ3v) is 5.00. The molecule has 1 heterocycles. The molecule has 0 radical (unpaired) electrons. The Hall–Kier alpha value is -2.35. The Balaban J connectivity index is 1.92. The van der Waals surface area contributed by atoms with Gasteiger partial charge in [0.25, 0.3) is 0 Å². The van der Waals surface area contributed by atoms with E-state index in [1.165, 1.54) is 17.4 Å². The van der Waals surface area contributed by atoms with E-state index in [2.05, 4.69) is 27.4 Å². The number of nitrogens with one attached hydrogen (secondary N) is 2. The molecule has 1 aromatic rings. The summed E-state index contributed by atoms with van der Waals surface area (Å²) in [4.78, 5) is 20.3. The summed E-state index contributed by atoms with van der Waals surface area (Å²) >= 11 is 0. The van der Waals surface area contributed by atoms with Crippen molar-refractivity contribution in [1.82, 2.24) is 20.4 Å². The predicted molar refractivity (Wildman–Crippen MR) is 114 cm³/mol. The molecule has 2 unspecified atom stereocenters. The van der Waals surface area contributed by atoms with Gasteiger partial charge in [0, 0.05) is 26.7 Å². The molecule has 29 heavy (non-hydrogen) atoms. The van der Waals surface area contributed by atoms with Crippen molar-refractivity contribution in [2.75, 3.05) is 46.8 Å². The third-order valence-electron chi connectivity index (χ3n) is 5.00. The van der Waals surface area contributed by atoms with E-state index in [-0.39, 0.29) is 30.1 Å². The van der Waals surface area contributed by atoms with Crippen LogP contribution < -0.4 is 15.4 Å². The van der Waals surface area contributed by atoms with Gasteiger partial charge in [0.1, 0.15) is 12.6 Å². The Morgan fingerprint density at radius 1 is 1.38 bits per heavy atom. The van der Waals surface area contributed by atoms with E-state index in [1.807, 2.05) is 6.92 Å². The SMILES string of the molecule is CCN1CCCC1CNC(=NCC(=O)N(C)C)NCC(C)Oc1ccccc1F. The Morgan fingerprint density at radius 3 is 2.83 bits per heavy atom. The highest BCUT2D eigenvalue weighted by Gasteiger charge is 2.23. The van der Waals surface area contributed by atoms with Gasteiger partial charge in [-0.15, -0.1) is 0 Å². The molecular weight excluding hydrogens is 373 g/mol. The zero-order chi connectivity index (χ0) is 21.2. The summed E-state index contributed by atoms with van der Waals surface area (Å²) in [6.45, 7) is 7.43. The number of rotatable bonds is 9. The number of ether oxygens (including phenoxy) is 1. The van der Waals surface area contributed by atoms with Crippen molar-refractivity contribution in [2.45, 2.75) is 38.8 Å². The summed E-state index contributed by atoms with van der Waals surface area (Å²) in [5.41, 5.74) is 0. The topological polar surface area (TPSA) is 69.2 Å². The van der Waals surface area contributed by atoms with Crippen molar-refractivity contribution >= 4 is 11.9 Å². The predicted octanol–water partition coefficient (Wildman–Crippen LogP) is 1.70. The van der Waals surface area contributed by atoms with Gasteiger partial charge in [-0.2, -0.15) is 0 Å². The molecule has 0 aromatic heterocycles. The van der Waals surface area contributed by atoms with Gasteiger partial charge in [0.05, 0.1) is 6.54 Å².